The van der Waals surface area contributed by atoms with Crippen LogP contribution >= 0.6 is 0 Å². The summed E-state index contributed by atoms with van der Waals surface area (Å²) in [7, 11) is 0. The molecule has 0 bridgehead atoms. The Labute approximate surface area is 103 Å². The standard InChI is InChI=1S/C14H21FN2/c1-3-14(2)4-6-17(7-5-14)13-9-11(15)8-12(16)10-13/h8-10H,3-7,16H2,1-2H3. The molecule has 0 aromatic heterocycles. The average molecular weight is 236 g/mol. The maximum Gasteiger partial charge on any atom is 0.127 e. The summed E-state index contributed by atoms with van der Waals surface area (Å²) in [5, 5.41) is 0. The van der Waals surface area contributed by atoms with Gasteiger partial charge in [0, 0.05) is 24.5 Å². The molecule has 2 nitrogen and oxygen atoms in total. The average Bonchev–Trinajstić information content (AvgIpc) is 2.29. The first kappa shape index (κ1) is 12.2. The fourth-order valence-electron chi connectivity index (χ4n) is 2.44. The molecule has 1 saturated heterocycles. The monoisotopic (exact) mass is 236 g/mol. The normalized spacial score (nSPS) is 19.4. The number of rotatable bonds is 2. The minimum absolute atomic E-state index is 0.246. The van der Waals surface area contributed by atoms with Crippen molar-refractivity contribution in [2.24, 2.45) is 5.41 Å². The van der Waals surface area contributed by atoms with Crippen LogP contribution in [0.3, 0.4) is 0 Å². The topological polar surface area (TPSA) is 29.3 Å². The summed E-state index contributed by atoms with van der Waals surface area (Å²) in [6, 6.07) is 4.80. The first-order valence-electron chi connectivity index (χ1n) is 6.33. The van der Waals surface area contributed by atoms with Gasteiger partial charge in [0.2, 0.25) is 0 Å². The van der Waals surface area contributed by atoms with E-state index in [9.17, 15) is 4.39 Å². The largest absolute Gasteiger partial charge is 0.399 e. The van der Waals surface area contributed by atoms with E-state index in [0.717, 1.165) is 18.8 Å². The Morgan fingerprint density at radius 3 is 2.47 bits per heavy atom. The van der Waals surface area contributed by atoms with Crippen LogP contribution in [0, 0.1) is 11.2 Å². The Hall–Kier alpha value is -1.25. The lowest BCUT2D eigenvalue weighted by molar-refractivity contribution is 0.238. The lowest BCUT2D eigenvalue weighted by Gasteiger charge is -2.40. The summed E-state index contributed by atoms with van der Waals surface area (Å²) in [5.74, 6) is -0.246. The number of piperidine rings is 1. The summed E-state index contributed by atoms with van der Waals surface area (Å²) in [6.45, 7) is 6.57. The third kappa shape index (κ3) is 2.71. The molecule has 0 saturated carbocycles. The molecule has 2 N–H and O–H groups in total. The molecule has 0 amide bonds. The quantitative estimate of drug-likeness (QED) is 0.797. The molecule has 0 atom stereocenters. The zero-order valence-corrected chi connectivity index (χ0v) is 10.7. The number of nitrogens with zero attached hydrogens (tertiary/aromatic N) is 1. The molecule has 0 aliphatic carbocycles. The van der Waals surface area contributed by atoms with Crippen LogP contribution < -0.4 is 10.6 Å². The van der Waals surface area contributed by atoms with Crippen molar-refractivity contribution in [2.75, 3.05) is 23.7 Å². The molecule has 17 heavy (non-hydrogen) atoms. The molecule has 1 aromatic rings. The number of nitrogens with two attached hydrogens (primary N) is 1. The molecule has 94 valence electrons. The van der Waals surface area contributed by atoms with Gasteiger partial charge in [-0.3, -0.25) is 0 Å². The van der Waals surface area contributed by atoms with E-state index >= 15 is 0 Å². The van der Waals surface area contributed by atoms with Gasteiger partial charge in [-0.15, -0.1) is 0 Å². The number of hydrogen-bond acceptors (Lipinski definition) is 2. The highest BCUT2D eigenvalue weighted by atomic mass is 19.1. The van der Waals surface area contributed by atoms with Crippen molar-refractivity contribution in [1.82, 2.24) is 0 Å². The van der Waals surface area contributed by atoms with Gasteiger partial charge in [-0.2, -0.15) is 0 Å². The van der Waals surface area contributed by atoms with Crippen molar-refractivity contribution in [3.8, 4) is 0 Å². The molecular weight excluding hydrogens is 215 g/mol. The third-order valence-electron chi connectivity index (χ3n) is 4.09. The van der Waals surface area contributed by atoms with E-state index in [1.54, 1.807) is 6.07 Å². The molecule has 1 aromatic carbocycles. The van der Waals surface area contributed by atoms with Crippen molar-refractivity contribution < 1.29 is 4.39 Å². The minimum atomic E-state index is -0.246. The van der Waals surface area contributed by atoms with Gasteiger partial charge in [0.25, 0.3) is 0 Å². The number of anilines is 2. The predicted octanol–water partition coefficient (Wildman–Crippen LogP) is 3.42. The van der Waals surface area contributed by atoms with Crippen molar-refractivity contribution in [1.29, 1.82) is 0 Å². The van der Waals surface area contributed by atoms with Gasteiger partial charge in [-0.1, -0.05) is 20.3 Å². The Balaban J connectivity index is 2.10. The number of benzene rings is 1. The van der Waals surface area contributed by atoms with Gasteiger partial charge in [0.05, 0.1) is 0 Å². The van der Waals surface area contributed by atoms with Crippen LogP contribution in [0.15, 0.2) is 18.2 Å². The second-order valence-electron chi connectivity index (χ2n) is 5.39. The Bertz CT molecular complexity index is 375. The highest BCUT2D eigenvalue weighted by Crippen LogP contribution is 2.36. The predicted molar refractivity (Wildman–Crippen MR) is 70.7 cm³/mol. The van der Waals surface area contributed by atoms with E-state index in [1.165, 1.54) is 25.3 Å². The molecule has 1 aliphatic heterocycles. The number of nitrogen functional groups attached to an aromatic ring is 1. The van der Waals surface area contributed by atoms with Crippen LogP contribution in [0.4, 0.5) is 15.8 Å². The summed E-state index contributed by atoms with van der Waals surface area (Å²) < 4.78 is 13.3. The van der Waals surface area contributed by atoms with Crippen LogP contribution in [-0.2, 0) is 0 Å². The molecule has 3 heteroatoms. The first-order chi connectivity index (χ1) is 8.02. The molecule has 2 rings (SSSR count). The maximum absolute atomic E-state index is 13.3. The van der Waals surface area contributed by atoms with Gasteiger partial charge in [0.15, 0.2) is 0 Å². The Morgan fingerprint density at radius 2 is 1.94 bits per heavy atom. The van der Waals surface area contributed by atoms with E-state index in [4.69, 9.17) is 5.73 Å². The molecule has 1 heterocycles. The fourth-order valence-corrected chi connectivity index (χ4v) is 2.44. The third-order valence-corrected chi connectivity index (χ3v) is 4.09. The molecule has 0 unspecified atom stereocenters. The van der Waals surface area contributed by atoms with Crippen LogP contribution in [-0.4, -0.2) is 13.1 Å². The molecule has 0 radical (unpaired) electrons. The zero-order valence-electron chi connectivity index (χ0n) is 10.7. The number of hydrogen-bond donors (Lipinski definition) is 1. The fraction of sp³-hybridized carbons (Fsp3) is 0.571. The van der Waals surface area contributed by atoms with Crippen LogP contribution in [0.2, 0.25) is 0 Å². The maximum atomic E-state index is 13.3. The van der Waals surface area contributed by atoms with E-state index in [0.29, 0.717) is 11.1 Å². The van der Waals surface area contributed by atoms with Crippen LogP contribution in [0.1, 0.15) is 33.1 Å². The summed E-state index contributed by atoms with van der Waals surface area (Å²) in [4.78, 5) is 2.23. The lowest BCUT2D eigenvalue weighted by Crippen LogP contribution is -2.38. The van der Waals surface area contributed by atoms with Crippen molar-refractivity contribution in [2.45, 2.75) is 33.1 Å². The minimum Gasteiger partial charge on any atom is -0.399 e. The second-order valence-corrected chi connectivity index (χ2v) is 5.39. The highest BCUT2D eigenvalue weighted by Gasteiger charge is 2.28. The SMILES string of the molecule is CCC1(C)CCN(c2cc(N)cc(F)c2)CC1. The van der Waals surface area contributed by atoms with Gasteiger partial charge in [-0.05, 0) is 36.5 Å². The van der Waals surface area contributed by atoms with E-state index in [2.05, 4.69) is 18.7 Å². The summed E-state index contributed by atoms with van der Waals surface area (Å²) in [6.07, 6.45) is 3.55. The smallest absolute Gasteiger partial charge is 0.127 e. The van der Waals surface area contributed by atoms with E-state index < -0.39 is 0 Å². The molecular formula is C14H21FN2. The second kappa shape index (κ2) is 4.55. The highest BCUT2D eigenvalue weighted by molar-refractivity contribution is 5.56. The Morgan fingerprint density at radius 1 is 1.29 bits per heavy atom. The summed E-state index contributed by atoms with van der Waals surface area (Å²) >= 11 is 0. The van der Waals surface area contributed by atoms with Crippen LogP contribution in [0.5, 0.6) is 0 Å². The molecule has 0 spiro atoms. The van der Waals surface area contributed by atoms with E-state index in [-0.39, 0.29) is 5.82 Å². The van der Waals surface area contributed by atoms with E-state index in [1.807, 2.05) is 6.07 Å². The lowest BCUT2D eigenvalue weighted by atomic mass is 9.78. The van der Waals surface area contributed by atoms with Crippen molar-refractivity contribution >= 4 is 11.4 Å². The van der Waals surface area contributed by atoms with Gasteiger partial charge in [0.1, 0.15) is 5.82 Å². The number of halogens is 1. The van der Waals surface area contributed by atoms with Gasteiger partial charge in [-0.25, -0.2) is 4.39 Å². The molecule has 1 aliphatic rings. The van der Waals surface area contributed by atoms with Crippen LogP contribution in [0.25, 0.3) is 0 Å². The zero-order chi connectivity index (χ0) is 12.5. The first-order valence-corrected chi connectivity index (χ1v) is 6.33. The summed E-state index contributed by atoms with van der Waals surface area (Å²) in [5.41, 5.74) is 7.55. The molecule has 1 fully saturated rings. The Kier molecular flexibility index (Phi) is 3.27. The van der Waals surface area contributed by atoms with Crippen molar-refractivity contribution in [3.63, 3.8) is 0 Å². The van der Waals surface area contributed by atoms with Crippen molar-refractivity contribution in [3.05, 3.63) is 24.0 Å². The van der Waals surface area contributed by atoms with Gasteiger partial charge >= 0.3 is 0 Å². The van der Waals surface area contributed by atoms with Gasteiger partial charge < -0.3 is 10.6 Å².